The summed E-state index contributed by atoms with van der Waals surface area (Å²) in [6, 6.07) is 3.69. The van der Waals surface area contributed by atoms with Crippen molar-refractivity contribution in [3.63, 3.8) is 0 Å². The van der Waals surface area contributed by atoms with Gasteiger partial charge in [0.1, 0.15) is 6.04 Å². The molecular formula is C13H21N3O. The van der Waals surface area contributed by atoms with Crippen molar-refractivity contribution in [1.82, 2.24) is 15.2 Å². The number of hydrogen-bond acceptors (Lipinski definition) is 3. The van der Waals surface area contributed by atoms with Crippen molar-refractivity contribution in [3.05, 3.63) is 30.1 Å². The van der Waals surface area contributed by atoms with Gasteiger partial charge in [-0.2, -0.15) is 0 Å². The van der Waals surface area contributed by atoms with E-state index in [4.69, 9.17) is 0 Å². The van der Waals surface area contributed by atoms with Crippen LogP contribution in [0.2, 0.25) is 0 Å². The second-order valence-electron chi connectivity index (χ2n) is 4.47. The Morgan fingerprint density at radius 1 is 1.53 bits per heavy atom. The summed E-state index contributed by atoms with van der Waals surface area (Å²) in [5.74, 6) is 0.0253. The van der Waals surface area contributed by atoms with Crippen LogP contribution in [0.4, 0.5) is 0 Å². The largest absolute Gasteiger partial charge is 0.352 e. The maximum Gasteiger partial charge on any atom is 0.242 e. The van der Waals surface area contributed by atoms with E-state index in [0.29, 0.717) is 0 Å². The third kappa shape index (κ3) is 3.82. The van der Waals surface area contributed by atoms with Gasteiger partial charge in [-0.15, -0.1) is 0 Å². The fraction of sp³-hybridized carbons (Fsp3) is 0.538. The molecule has 1 aromatic heterocycles. The lowest BCUT2D eigenvalue weighted by molar-refractivity contribution is -0.126. The van der Waals surface area contributed by atoms with E-state index in [1.807, 2.05) is 38.1 Å². The van der Waals surface area contributed by atoms with Gasteiger partial charge < -0.3 is 5.32 Å². The zero-order chi connectivity index (χ0) is 12.8. The van der Waals surface area contributed by atoms with E-state index in [-0.39, 0.29) is 18.0 Å². The number of amides is 1. The third-order valence-electron chi connectivity index (χ3n) is 2.77. The smallest absolute Gasteiger partial charge is 0.242 e. The number of carbonyl (C=O) groups excluding carboxylic acids is 1. The highest BCUT2D eigenvalue weighted by molar-refractivity contribution is 5.83. The second-order valence-corrected chi connectivity index (χ2v) is 4.47. The molecule has 2 atom stereocenters. The van der Waals surface area contributed by atoms with Gasteiger partial charge in [0.25, 0.3) is 0 Å². The maximum atomic E-state index is 12.2. The van der Waals surface area contributed by atoms with Crippen LogP contribution < -0.4 is 5.32 Å². The molecule has 4 nitrogen and oxygen atoms in total. The topological polar surface area (TPSA) is 45.2 Å². The monoisotopic (exact) mass is 235 g/mol. The van der Waals surface area contributed by atoms with Crippen molar-refractivity contribution in [2.75, 3.05) is 14.1 Å². The molecule has 0 bridgehead atoms. The van der Waals surface area contributed by atoms with Gasteiger partial charge >= 0.3 is 0 Å². The molecule has 2 unspecified atom stereocenters. The Bertz CT molecular complexity index is 351. The van der Waals surface area contributed by atoms with Crippen LogP contribution in [0.3, 0.4) is 0 Å². The molecule has 94 valence electrons. The minimum Gasteiger partial charge on any atom is -0.352 e. The maximum absolute atomic E-state index is 12.2. The fourth-order valence-corrected chi connectivity index (χ4v) is 1.65. The quantitative estimate of drug-likeness (QED) is 0.843. The number of nitrogens with one attached hydrogen (secondary N) is 1. The molecule has 0 spiro atoms. The summed E-state index contributed by atoms with van der Waals surface area (Å²) in [6.45, 7) is 4.06. The van der Waals surface area contributed by atoms with Gasteiger partial charge in [-0.25, -0.2) is 0 Å². The Morgan fingerprint density at radius 3 is 2.71 bits per heavy atom. The van der Waals surface area contributed by atoms with Gasteiger partial charge in [0.2, 0.25) is 5.91 Å². The Morgan fingerprint density at radius 2 is 2.24 bits per heavy atom. The van der Waals surface area contributed by atoms with Crippen LogP contribution in [0.15, 0.2) is 24.5 Å². The SMILES string of the molecule is CCC(C)NC(=O)C(c1cccnc1)N(C)C. The summed E-state index contributed by atoms with van der Waals surface area (Å²) < 4.78 is 0. The summed E-state index contributed by atoms with van der Waals surface area (Å²) >= 11 is 0. The Balaban J connectivity index is 2.84. The van der Waals surface area contributed by atoms with Gasteiger partial charge in [0, 0.05) is 18.4 Å². The Hall–Kier alpha value is -1.42. The van der Waals surface area contributed by atoms with E-state index < -0.39 is 0 Å². The van der Waals surface area contributed by atoms with Crippen molar-refractivity contribution < 1.29 is 4.79 Å². The Kier molecular flexibility index (Phi) is 5.10. The number of rotatable bonds is 5. The molecular weight excluding hydrogens is 214 g/mol. The highest BCUT2D eigenvalue weighted by atomic mass is 16.2. The first kappa shape index (κ1) is 13.6. The van der Waals surface area contributed by atoms with Gasteiger partial charge in [-0.1, -0.05) is 13.0 Å². The molecule has 1 aromatic rings. The molecule has 1 heterocycles. The molecule has 1 rings (SSSR count). The van der Waals surface area contributed by atoms with E-state index >= 15 is 0 Å². The molecule has 0 aliphatic heterocycles. The van der Waals surface area contributed by atoms with Crippen LogP contribution in [0.25, 0.3) is 0 Å². The number of likely N-dealkylation sites (N-methyl/N-ethyl adjacent to an activating group) is 1. The Labute approximate surface area is 103 Å². The van der Waals surface area contributed by atoms with Crippen LogP contribution in [0, 0.1) is 0 Å². The van der Waals surface area contributed by atoms with E-state index in [9.17, 15) is 4.79 Å². The second kappa shape index (κ2) is 6.35. The summed E-state index contributed by atoms with van der Waals surface area (Å²) in [7, 11) is 3.79. The fourth-order valence-electron chi connectivity index (χ4n) is 1.65. The van der Waals surface area contributed by atoms with Crippen molar-refractivity contribution >= 4 is 5.91 Å². The predicted molar refractivity (Wildman–Crippen MR) is 68.6 cm³/mol. The number of hydrogen-bond donors (Lipinski definition) is 1. The molecule has 0 radical (unpaired) electrons. The van der Waals surface area contributed by atoms with E-state index in [1.54, 1.807) is 12.4 Å². The van der Waals surface area contributed by atoms with Crippen molar-refractivity contribution in [2.24, 2.45) is 0 Å². The molecule has 1 N–H and O–H groups in total. The minimum atomic E-state index is -0.280. The van der Waals surface area contributed by atoms with Crippen LogP contribution >= 0.6 is 0 Å². The lowest BCUT2D eigenvalue weighted by Crippen LogP contribution is -2.41. The first-order valence-corrected chi connectivity index (χ1v) is 5.93. The average Bonchev–Trinajstić information content (AvgIpc) is 2.29. The molecule has 1 amide bonds. The highest BCUT2D eigenvalue weighted by Crippen LogP contribution is 2.17. The lowest BCUT2D eigenvalue weighted by atomic mass is 10.1. The minimum absolute atomic E-state index is 0.0253. The molecule has 0 aromatic carbocycles. The average molecular weight is 235 g/mol. The van der Waals surface area contributed by atoms with Crippen molar-refractivity contribution in [3.8, 4) is 0 Å². The number of nitrogens with zero attached hydrogens (tertiary/aromatic N) is 2. The first-order valence-electron chi connectivity index (χ1n) is 5.93. The molecule has 0 aliphatic rings. The predicted octanol–water partition coefficient (Wildman–Crippen LogP) is 1.60. The molecule has 17 heavy (non-hydrogen) atoms. The normalized spacial score (nSPS) is 14.4. The number of aromatic nitrogens is 1. The molecule has 0 saturated heterocycles. The zero-order valence-electron chi connectivity index (χ0n) is 11.0. The van der Waals surface area contributed by atoms with Crippen LogP contribution in [0.1, 0.15) is 31.9 Å². The van der Waals surface area contributed by atoms with Crippen molar-refractivity contribution in [1.29, 1.82) is 0 Å². The molecule has 0 aliphatic carbocycles. The van der Waals surface area contributed by atoms with Crippen LogP contribution in [-0.2, 0) is 4.79 Å². The van der Waals surface area contributed by atoms with E-state index in [2.05, 4.69) is 17.2 Å². The summed E-state index contributed by atoms with van der Waals surface area (Å²) in [5, 5.41) is 3.00. The van der Waals surface area contributed by atoms with E-state index in [0.717, 1.165) is 12.0 Å². The molecule has 0 fully saturated rings. The highest BCUT2D eigenvalue weighted by Gasteiger charge is 2.23. The first-order chi connectivity index (χ1) is 8.06. The number of carbonyl (C=O) groups is 1. The summed E-state index contributed by atoms with van der Waals surface area (Å²) in [6.07, 6.45) is 4.38. The summed E-state index contributed by atoms with van der Waals surface area (Å²) in [5.41, 5.74) is 0.915. The summed E-state index contributed by atoms with van der Waals surface area (Å²) in [4.78, 5) is 18.1. The number of pyridine rings is 1. The molecule has 4 heteroatoms. The van der Waals surface area contributed by atoms with Gasteiger partial charge in [0.15, 0.2) is 0 Å². The third-order valence-corrected chi connectivity index (χ3v) is 2.77. The van der Waals surface area contributed by atoms with Crippen molar-refractivity contribution in [2.45, 2.75) is 32.4 Å². The van der Waals surface area contributed by atoms with Crippen LogP contribution in [-0.4, -0.2) is 35.9 Å². The zero-order valence-corrected chi connectivity index (χ0v) is 11.0. The van der Waals surface area contributed by atoms with Crippen LogP contribution in [0.5, 0.6) is 0 Å². The standard InChI is InChI=1S/C13H21N3O/c1-5-10(2)15-13(17)12(16(3)4)11-7-6-8-14-9-11/h6-10,12H,5H2,1-4H3,(H,15,17). The molecule has 0 saturated carbocycles. The van der Waals surface area contributed by atoms with E-state index in [1.165, 1.54) is 0 Å². The van der Waals surface area contributed by atoms with Gasteiger partial charge in [-0.3, -0.25) is 14.7 Å². The lowest BCUT2D eigenvalue weighted by Gasteiger charge is -2.25. The van der Waals surface area contributed by atoms with Gasteiger partial charge in [0.05, 0.1) is 0 Å². The van der Waals surface area contributed by atoms with Gasteiger partial charge in [-0.05, 0) is 39.1 Å².